The monoisotopic (exact) mass is 276 g/mol. The van der Waals surface area contributed by atoms with Gasteiger partial charge in [-0.25, -0.2) is 0 Å². The van der Waals surface area contributed by atoms with E-state index in [0.29, 0.717) is 12.5 Å². The number of halogens is 6. The number of alkyl halides is 6. The van der Waals surface area contributed by atoms with E-state index < -0.39 is 23.8 Å². The van der Waals surface area contributed by atoms with Gasteiger partial charge in [-0.2, -0.15) is 26.3 Å². The largest absolute Gasteiger partial charge is 0.421 e. The molecule has 0 saturated heterocycles. The Morgan fingerprint density at radius 3 is 1.50 bits per heavy atom. The molecule has 0 aliphatic carbocycles. The van der Waals surface area contributed by atoms with Crippen LogP contribution in [0.2, 0.25) is 0 Å². The summed E-state index contributed by atoms with van der Waals surface area (Å²) in [5.74, 6) is -0.966. The van der Waals surface area contributed by atoms with E-state index in [0.717, 1.165) is 0 Å². The molecule has 0 amide bonds. The average molecular weight is 276 g/mol. The average Bonchev–Trinajstić information content (AvgIpc) is 2.06. The highest BCUT2D eigenvalue weighted by atomic mass is 19.4. The van der Waals surface area contributed by atoms with E-state index in [1.165, 1.54) is 0 Å². The van der Waals surface area contributed by atoms with Crippen molar-refractivity contribution in [3.05, 3.63) is 11.6 Å². The Balaban J connectivity index is 5.37. The van der Waals surface area contributed by atoms with E-state index in [4.69, 9.17) is 0 Å². The molecule has 0 aliphatic heterocycles. The molecule has 0 aromatic heterocycles. The zero-order chi connectivity index (χ0) is 14.7. The summed E-state index contributed by atoms with van der Waals surface area (Å²) in [4.78, 5) is 0. The van der Waals surface area contributed by atoms with E-state index in [1.807, 2.05) is 0 Å². The molecule has 0 aliphatic rings. The van der Waals surface area contributed by atoms with Crippen LogP contribution in [0.25, 0.3) is 0 Å². The summed E-state index contributed by atoms with van der Waals surface area (Å²) in [7, 11) is 0. The minimum absolute atomic E-state index is 0.0383. The summed E-state index contributed by atoms with van der Waals surface area (Å²) in [6.45, 7) is 6.77. The first-order valence-electron chi connectivity index (χ1n) is 5.72. The molecule has 1 unspecified atom stereocenters. The first-order valence-corrected chi connectivity index (χ1v) is 5.72. The third kappa shape index (κ3) is 5.78. The second kappa shape index (κ2) is 5.97. The number of allylic oxidation sites excluding steroid dienone is 2. The Labute approximate surface area is 103 Å². The van der Waals surface area contributed by atoms with Crippen molar-refractivity contribution in [3.63, 3.8) is 0 Å². The summed E-state index contributed by atoms with van der Waals surface area (Å²) in [6, 6.07) is 0. The lowest BCUT2D eigenvalue weighted by molar-refractivity contribution is -0.172. The van der Waals surface area contributed by atoms with Crippen LogP contribution in [0.4, 0.5) is 26.3 Å². The molecule has 0 aromatic rings. The van der Waals surface area contributed by atoms with E-state index in [9.17, 15) is 26.3 Å². The zero-order valence-corrected chi connectivity index (χ0v) is 10.8. The molecule has 0 radical (unpaired) electrons. The maximum Gasteiger partial charge on any atom is 0.421 e. The van der Waals surface area contributed by atoms with Crippen molar-refractivity contribution in [3.8, 4) is 0 Å². The fourth-order valence-corrected chi connectivity index (χ4v) is 1.64. The van der Waals surface area contributed by atoms with Crippen LogP contribution in [0, 0.1) is 17.8 Å². The van der Waals surface area contributed by atoms with Crippen molar-refractivity contribution in [2.75, 3.05) is 0 Å². The van der Waals surface area contributed by atoms with Gasteiger partial charge in [0.25, 0.3) is 0 Å². The molecule has 108 valence electrons. The minimum Gasteiger partial charge on any atom is -0.166 e. The highest BCUT2D eigenvalue weighted by Crippen LogP contribution is 2.40. The van der Waals surface area contributed by atoms with Crippen LogP contribution in [0.15, 0.2) is 11.6 Å². The molecule has 0 heterocycles. The Kier molecular flexibility index (Phi) is 5.75. The van der Waals surface area contributed by atoms with Gasteiger partial charge >= 0.3 is 12.4 Å². The summed E-state index contributed by atoms with van der Waals surface area (Å²) in [6.07, 6.45) is -10.1. The van der Waals surface area contributed by atoms with Crippen molar-refractivity contribution >= 4 is 0 Å². The first kappa shape index (κ1) is 17.3. The Morgan fingerprint density at radius 2 is 1.28 bits per heavy atom. The molecule has 0 spiro atoms. The molecule has 0 nitrogen and oxygen atoms in total. The van der Waals surface area contributed by atoms with Crippen LogP contribution >= 0.6 is 0 Å². The van der Waals surface area contributed by atoms with Crippen molar-refractivity contribution in [1.29, 1.82) is 0 Å². The van der Waals surface area contributed by atoms with E-state index in [2.05, 4.69) is 0 Å². The van der Waals surface area contributed by atoms with Crippen molar-refractivity contribution in [2.24, 2.45) is 17.8 Å². The van der Waals surface area contributed by atoms with Gasteiger partial charge in [-0.3, -0.25) is 0 Å². The molecule has 0 aromatic carbocycles. The standard InChI is InChI=1S/C12H18F6/c1-7(2)5-9(8(3)4)6-10(11(13,14)15)12(16,17)18/h6-9H,5H2,1-4H3. The SMILES string of the molecule is CC(C)CC(C=C(C(F)(F)F)C(F)(F)F)C(C)C. The molecule has 0 N–H and O–H groups in total. The summed E-state index contributed by atoms with van der Waals surface area (Å²) < 4.78 is 74.3. The third-order valence-corrected chi connectivity index (χ3v) is 2.59. The fraction of sp³-hybridized carbons (Fsp3) is 0.833. The lowest BCUT2D eigenvalue weighted by atomic mass is 9.86. The predicted octanol–water partition coefficient (Wildman–Crippen LogP) is 5.36. The van der Waals surface area contributed by atoms with Gasteiger partial charge in [0.2, 0.25) is 0 Å². The lowest BCUT2D eigenvalue weighted by Crippen LogP contribution is -2.28. The minimum atomic E-state index is -5.36. The highest BCUT2D eigenvalue weighted by Gasteiger charge is 2.51. The number of hydrogen-bond donors (Lipinski definition) is 0. The maximum atomic E-state index is 12.4. The third-order valence-electron chi connectivity index (χ3n) is 2.59. The van der Waals surface area contributed by atoms with Crippen molar-refractivity contribution in [2.45, 2.75) is 46.5 Å². The zero-order valence-electron chi connectivity index (χ0n) is 10.8. The van der Waals surface area contributed by atoms with Gasteiger partial charge in [0.05, 0.1) is 0 Å². The van der Waals surface area contributed by atoms with Crippen LogP contribution in [-0.2, 0) is 0 Å². The van der Waals surface area contributed by atoms with Gasteiger partial charge < -0.3 is 0 Å². The molecule has 0 rings (SSSR count). The smallest absolute Gasteiger partial charge is 0.166 e. The molecule has 18 heavy (non-hydrogen) atoms. The van der Waals surface area contributed by atoms with Gasteiger partial charge in [-0.05, 0) is 24.2 Å². The normalized spacial score (nSPS) is 15.1. The molecule has 0 saturated carbocycles. The van der Waals surface area contributed by atoms with Gasteiger partial charge in [0, 0.05) is 0 Å². The molecular formula is C12H18F6. The fourth-order valence-electron chi connectivity index (χ4n) is 1.64. The Morgan fingerprint density at radius 1 is 0.889 bits per heavy atom. The second-order valence-corrected chi connectivity index (χ2v) is 5.11. The molecule has 0 bridgehead atoms. The van der Waals surface area contributed by atoms with Gasteiger partial charge in [-0.1, -0.05) is 33.8 Å². The molecule has 0 fully saturated rings. The quantitative estimate of drug-likeness (QED) is 0.479. The lowest BCUT2D eigenvalue weighted by Gasteiger charge is -2.23. The highest BCUT2D eigenvalue weighted by molar-refractivity contribution is 5.17. The summed E-state index contributed by atoms with van der Waals surface area (Å²) >= 11 is 0. The van der Waals surface area contributed by atoms with E-state index >= 15 is 0 Å². The second-order valence-electron chi connectivity index (χ2n) is 5.11. The number of rotatable bonds is 4. The van der Waals surface area contributed by atoms with Crippen LogP contribution in [0.5, 0.6) is 0 Å². The van der Waals surface area contributed by atoms with Crippen LogP contribution in [-0.4, -0.2) is 12.4 Å². The van der Waals surface area contributed by atoms with Gasteiger partial charge in [0.15, 0.2) is 0 Å². The van der Waals surface area contributed by atoms with Crippen LogP contribution in [0.1, 0.15) is 34.1 Å². The summed E-state index contributed by atoms with van der Waals surface area (Å²) in [5, 5.41) is 0. The van der Waals surface area contributed by atoms with Crippen molar-refractivity contribution in [1.82, 2.24) is 0 Å². The first-order chi connectivity index (χ1) is 7.85. The molecule has 6 heteroatoms. The van der Waals surface area contributed by atoms with Crippen molar-refractivity contribution < 1.29 is 26.3 Å². The van der Waals surface area contributed by atoms with Gasteiger partial charge in [-0.15, -0.1) is 0 Å². The Hall–Kier alpha value is -0.680. The molecular weight excluding hydrogens is 258 g/mol. The number of hydrogen-bond acceptors (Lipinski definition) is 0. The van der Waals surface area contributed by atoms with E-state index in [-0.39, 0.29) is 11.8 Å². The van der Waals surface area contributed by atoms with E-state index in [1.54, 1.807) is 27.7 Å². The molecule has 1 atom stereocenters. The summed E-state index contributed by atoms with van der Waals surface area (Å²) in [5.41, 5.74) is -2.39. The maximum absolute atomic E-state index is 12.4. The predicted molar refractivity (Wildman–Crippen MR) is 58.0 cm³/mol. The van der Waals surface area contributed by atoms with Gasteiger partial charge in [0.1, 0.15) is 5.57 Å². The van der Waals surface area contributed by atoms with Crippen LogP contribution in [0.3, 0.4) is 0 Å². The topological polar surface area (TPSA) is 0 Å². The Bertz CT molecular complexity index is 266. The van der Waals surface area contributed by atoms with Crippen LogP contribution < -0.4 is 0 Å².